The van der Waals surface area contributed by atoms with E-state index in [0.29, 0.717) is 13.1 Å². The molecule has 29 heavy (non-hydrogen) atoms. The van der Waals surface area contributed by atoms with Crippen LogP contribution in [0.15, 0.2) is 46.2 Å². The fourth-order valence-corrected chi connectivity index (χ4v) is 5.08. The molecule has 7 nitrogen and oxygen atoms in total. The number of sulfonamides is 1. The average molecular weight is 422 g/mol. The molecule has 0 N–H and O–H groups in total. The van der Waals surface area contributed by atoms with Gasteiger partial charge < -0.3 is 0 Å². The lowest BCUT2D eigenvalue weighted by molar-refractivity contribution is 0.423. The second-order valence-corrected chi connectivity index (χ2v) is 9.07. The van der Waals surface area contributed by atoms with Crippen molar-refractivity contribution in [1.29, 1.82) is 0 Å². The molecule has 1 aliphatic rings. The van der Waals surface area contributed by atoms with Crippen molar-refractivity contribution in [1.82, 2.24) is 18.5 Å². The van der Waals surface area contributed by atoms with E-state index in [4.69, 9.17) is 0 Å². The molecule has 0 radical (unpaired) electrons. The number of rotatable bonds is 4. The lowest BCUT2D eigenvalue weighted by Gasteiger charge is -2.19. The number of nitrogens with zero attached hydrogens (tertiary/aromatic N) is 4. The molecule has 4 rings (SSSR count). The summed E-state index contributed by atoms with van der Waals surface area (Å²) in [6.45, 7) is 0.780. The maximum Gasteiger partial charge on any atom is 0.350 e. The van der Waals surface area contributed by atoms with Crippen LogP contribution in [-0.2, 0) is 16.6 Å². The first-order valence-electron chi connectivity index (χ1n) is 9.39. The second-order valence-electron chi connectivity index (χ2n) is 7.13. The molecular formula is C19H20F2N4O3S. The number of hydrogen-bond donors (Lipinski definition) is 0. The number of fused-ring (bicyclic) bond motifs is 1. The van der Waals surface area contributed by atoms with E-state index in [-0.39, 0.29) is 22.7 Å². The fourth-order valence-electron chi connectivity index (χ4n) is 3.56. The molecule has 0 atom stereocenters. The van der Waals surface area contributed by atoms with E-state index in [0.717, 1.165) is 53.0 Å². The van der Waals surface area contributed by atoms with Gasteiger partial charge in [0.25, 0.3) is 0 Å². The maximum absolute atomic E-state index is 13.4. The molecule has 0 spiro atoms. The first-order chi connectivity index (χ1) is 13.8. The molecule has 2 aromatic heterocycles. The molecule has 10 heteroatoms. The Morgan fingerprint density at radius 2 is 1.62 bits per heavy atom. The number of aromatic nitrogens is 3. The average Bonchev–Trinajstić information content (AvgIpc) is 2.85. The Bertz CT molecular complexity index is 1190. The zero-order chi connectivity index (χ0) is 20.6. The van der Waals surface area contributed by atoms with Gasteiger partial charge in [-0.1, -0.05) is 12.8 Å². The standard InChI is InChI=1S/C19H20F2N4O3S/c20-15-9-14(10-16(21)11-15)12-25-19(26)24-13-17(5-6-18(24)22-25)29(27,28)23-7-3-1-2-4-8-23/h5-6,9-11,13H,1-4,7-8,12H2. The normalized spacial score (nSPS) is 16.2. The number of benzene rings is 1. The molecular weight excluding hydrogens is 402 g/mol. The molecule has 154 valence electrons. The molecule has 0 aliphatic carbocycles. The van der Waals surface area contributed by atoms with Crippen LogP contribution in [0.5, 0.6) is 0 Å². The van der Waals surface area contributed by atoms with Crippen molar-refractivity contribution in [3.63, 3.8) is 0 Å². The Labute approximate surface area is 166 Å². The van der Waals surface area contributed by atoms with E-state index in [1.807, 2.05) is 0 Å². The van der Waals surface area contributed by atoms with E-state index >= 15 is 0 Å². The second kappa shape index (κ2) is 7.68. The van der Waals surface area contributed by atoms with E-state index < -0.39 is 27.3 Å². The molecule has 1 aliphatic heterocycles. The number of halogens is 2. The molecule has 0 bridgehead atoms. The maximum atomic E-state index is 13.4. The summed E-state index contributed by atoms with van der Waals surface area (Å²) in [5.74, 6) is -1.50. The van der Waals surface area contributed by atoms with Gasteiger partial charge in [0.05, 0.1) is 11.4 Å². The Morgan fingerprint density at radius 1 is 0.966 bits per heavy atom. The minimum Gasteiger partial charge on any atom is -0.249 e. The smallest absolute Gasteiger partial charge is 0.249 e. The quantitative estimate of drug-likeness (QED) is 0.647. The lowest BCUT2D eigenvalue weighted by Crippen LogP contribution is -2.32. The van der Waals surface area contributed by atoms with Gasteiger partial charge in [-0.3, -0.25) is 0 Å². The van der Waals surface area contributed by atoms with Crippen LogP contribution in [0.2, 0.25) is 0 Å². The highest BCUT2D eigenvalue weighted by Gasteiger charge is 2.26. The minimum absolute atomic E-state index is 0.0188. The highest BCUT2D eigenvalue weighted by molar-refractivity contribution is 7.89. The van der Waals surface area contributed by atoms with Gasteiger partial charge in [-0.05, 0) is 42.7 Å². The molecule has 3 aromatic rings. The molecule has 1 fully saturated rings. The van der Waals surface area contributed by atoms with Crippen LogP contribution in [0, 0.1) is 11.6 Å². The van der Waals surface area contributed by atoms with Gasteiger partial charge in [0.2, 0.25) is 10.0 Å². The van der Waals surface area contributed by atoms with Gasteiger partial charge in [0.15, 0.2) is 5.65 Å². The van der Waals surface area contributed by atoms with Gasteiger partial charge >= 0.3 is 5.69 Å². The summed E-state index contributed by atoms with van der Waals surface area (Å²) in [6.07, 6.45) is 4.87. The molecule has 0 amide bonds. The molecule has 0 unspecified atom stereocenters. The number of pyridine rings is 1. The van der Waals surface area contributed by atoms with Crippen LogP contribution in [-0.4, -0.2) is 40.0 Å². The summed E-state index contributed by atoms with van der Waals surface area (Å²) in [5, 5.41) is 4.13. The Kier molecular flexibility index (Phi) is 5.22. The van der Waals surface area contributed by atoms with Crippen molar-refractivity contribution in [3.8, 4) is 0 Å². The van der Waals surface area contributed by atoms with Crippen molar-refractivity contribution in [2.75, 3.05) is 13.1 Å². The monoisotopic (exact) mass is 422 g/mol. The molecule has 1 aromatic carbocycles. The van der Waals surface area contributed by atoms with E-state index in [1.165, 1.54) is 22.6 Å². The van der Waals surface area contributed by atoms with Crippen LogP contribution in [0.25, 0.3) is 5.65 Å². The highest BCUT2D eigenvalue weighted by atomic mass is 32.2. The van der Waals surface area contributed by atoms with Gasteiger partial charge in [-0.2, -0.15) is 4.31 Å². The summed E-state index contributed by atoms with van der Waals surface area (Å²) in [6, 6.07) is 5.86. The number of hydrogen-bond acceptors (Lipinski definition) is 4. The SMILES string of the molecule is O=c1n(Cc2cc(F)cc(F)c2)nc2ccc(S(=O)(=O)N3CCCCCC3)cn12. The third kappa shape index (κ3) is 3.95. The Morgan fingerprint density at radius 3 is 2.28 bits per heavy atom. The summed E-state index contributed by atoms with van der Waals surface area (Å²) >= 11 is 0. The summed E-state index contributed by atoms with van der Waals surface area (Å²) < 4.78 is 56.4. The van der Waals surface area contributed by atoms with Gasteiger partial charge in [0, 0.05) is 25.4 Å². The Hall–Kier alpha value is -2.59. The summed E-state index contributed by atoms with van der Waals surface area (Å²) in [4.78, 5) is 12.7. The van der Waals surface area contributed by atoms with Crippen molar-refractivity contribution in [2.24, 2.45) is 0 Å². The van der Waals surface area contributed by atoms with Crippen molar-refractivity contribution in [2.45, 2.75) is 37.1 Å². The summed E-state index contributed by atoms with van der Waals surface area (Å²) in [7, 11) is -3.72. The largest absolute Gasteiger partial charge is 0.350 e. The van der Waals surface area contributed by atoms with Crippen LogP contribution in [0.1, 0.15) is 31.2 Å². The van der Waals surface area contributed by atoms with Gasteiger partial charge in [0.1, 0.15) is 11.6 Å². The first-order valence-corrected chi connectivity index (χ1v) is 10.8. The van der Waals surface area contributed by atoms with Crippen LogP contribution >= 0.6 is 0 Å². The van der Waals surface area contributed by atoms with E-state index in [2.05, 4.69) is 5.10 Å². The van der Waals surface area contributed by atoms with Crippen molar-refractivity contribution >= 4 is 15.7 Å². The highest BCUT2D eigenvalue weighted by Crippen LogP contribution is 2.20. The van der Waals surface area contributed by atoms with Gasteiger partial charge in [-0.15, -0.1) is 5.10 Å². The minimum atomic E-state index is -3.72. The van der Waals surface area contributed by atoms with Crippen molar-refractivity contribution < 1.29 is 17.2 Å². The zero-order valence-corrected chi connectivity index (χ0v) is 16.4. The summed E-state index contributed by atoms with van der Waals surface area (Å²) in [5.41, 5.74) is -0.0929. The van der Waals surface area contributed by atoms with Crippen molar-refractivity contribution in [3.05, 3.63) is 64.2 Å². The van der Waals surface area contributed by atoms with E-state index in [9.17, 15) is 22.0 Å². The van der Waals surface area contributed by atoms with Gasteiger partial charge in [-0.25, -0.2) is 31.1 Å². The Balaban J connectivity index is 1.69. The topological polar surface area (TPSA) is 76.7 Å². The molecule has 1 saturated heterocycles. The van der Waals surface area contributed by atoms with Crippen LogP contribution < -0.4 is 5.69 Å². The zero-order valence-electron chi connectivity index (χ0n) is 15.6. The third-order valence-electron chi connectivity index (χ3n) is 5.01. The van der Waals surface area contributed by atoms with Crippen LogP contribution in [0.3, 0.4) is 0 Å². The lowest BCUT2D eigenvalue weighted by atomic mass is 10.2. The molecule has 3 heterocycles. The predicted octanol–water partition coefficient (Wildman–Crippen LogP) is 2.39. The van der Waals surface area contributed by atoms with Crippen LogP contribution in [0.4, 0.5) is 8.78 Å². The first kappa shape index (κ1) is 19.7. The third-order valence-corrected chi connectivity index (χ3v) is 6.89. The molecule has 0 saturated carbocycles. The van der Waals surface area contributed by atoms with E-state index in [1.54, 1.807) is 0 Å². The predicted molar refractivity (Wildman–Crippen MR) is 102 cm³/mol. The fraction of sp³-hybridized carbons (Fsp3) is 0.368.